The molecule has 3 saturated heterocycles. The van der Waals surface area contributed by atoms with Gasteiger partial charge in [0.25, 0.3) is 5.91 Å². The lowest BCUT2D eigenvalue weighted by Gasteiger charge is -2.44. The lowest BCUT2D eigenvalue weighted by molar-refractivity contribution is 0.0619. The molecule has 0 aromatic heterocycles. The number of fused-ring (bicyclic) bond motifs is 3. The van der Waals surface area contributed by atoms with Gasteiger partial charge in [0.05, 0.1) is 16.3 Å². The number of piperidine rings is 3. The number of aromatic hydroxyl groups is 1. The summed E-state index contributed by atoms with van der Waals surface area (Å²) in [7, 11) is 0. The number of nitrogens with one attached hydrogen (secondary N) is 1. The van der Waals surface area contributed by atoms with Crippen LogP contribution in [0.2, 0.25) is 5.02 Å². The highest BCUT2D eigenvalue weighted by molar-refractivity contribution is 6.33. The fourth-order valence-corrected chi connectivity index (χ4v) is 3.30. The second-order valence-electron chi connectivity index (χ2n) is 5.61. The number of phenols is 1. The number of phenolic OH excluding ortho intramolecular Hbond substituents is 1. The third-order valence-electron chi connectivity index (χ3n) is 4.33. The Bertz CT molecular complexity index is 541. The van der Waals surface area contributed by atoms with Crippen LogP contribution in [0.1, 0.15) is 23.2 Å². The van der Waals surface area contributed by atoms with Crippen LogP contribution in [0.25, 0.3) is 0 Å². The van der Waals surface area contributed by atoms with E-state index in [0.29, 0.717) is 5.92 Å². The van der Waals surface area contributed by atoms with Gasteiger partial charge < -0.3 is 21.1 Å². The molecular weight excluding hydrogens is 278 g/mol. The summed E-state index contributed by atoms with van der Waals surface area (Å²) in [5.74, 6) is 0.115. The molecule has 1 aromatic carbocycles. The Morgan fingerprint density at radius 3 is 2.70 bits per heavy atom. The van der Waals surface area contributed by atoms with Crippen LogP contribution in [0.4, 0.5) is 5.69 Å². The monoisotopic (exact) mass is 295 g/mol. The van der Waals surface area contributed by atoms with E-state index in [9.17, 15) is 9.90 Å². The maximum absolute atomic E-state index is 12.3. The van der Waals surface area contributed by atoms with Gasteiger partial charge in [-0.05, 0) is 37.9 Å². The summed E-state index contributed by atoms with van der Waals surface area (Å²) >= 11 is 5.91. The smallest absolute Gasteiger partial charge is 0.255 e. The van der Waals surface area contributed by atoms with Crippen molar-refractivity contribution >= 4 is 23.2 Å². The summed E-state index contributed by atoms with van der Waals surface area (Å²) in [5, 5.41) is 13.1. The van der Waals surface area contributed by atoms with E-state index in [0.717, 1.165) is 32.5 Å². The molecular formula is C14H18ClN3O2. The van der Waals surface area contributed by atoms with Crippen molar-refractivity contribution in [1.82, 2.24) is 10.2 Å². The average molecular weight is 296 g/mol. The van der Waals surface area contributed by atoms with Gasteiger partial charge in [0, 0.05) is 18.7 Å². The van der Waals surface area contributed by atoms with Crippen molar-refractivity contribution in [2.75, 3.05) is 25.4 Å². The number of rotatable bonds is 2. The van der Waals surface area contributed by atoms with Crippen LogP contribution < -0.4 is 11.1 Å². The zero-order valence-electron chi connectivity index (χ0n) is 11.1. The van der Waals surface area contributed by atoms with Gasteiger partial charge in [-0.2, -0.15) is 0 Å². The summed E-state index contributed by atoms with van der Waals surface area (Å²) in [6.07, 6.45) is 2.25. The SMILES string of the molecule is Nc1cc(O)c(C(=O)NC2CN3CCC2CC3)cc1Cl. The van der Waals surface area contributed by atoms with E-state index in [4.69, 9.17) is 17.3 Å². The highest BCUT2D eigenvalue weighted by Gasteiger charge is 2.35. The van der Waals surface area contributed by atoms with E-state index < -0.39 is 0 Å². The van der Waals surface area contributed by atoms with E-state index in [1.54, 1.807) is 0 Å². The first kappa shape index (κ1) is 13.5. The normalized spacial score (nSPS) is 28.4. The Hall–Kier alpha value is -1.46. The molecule has 6 heteroatoms. The Morgan fingerprint density at radius 1 is 1.40 bits per heavy atom. The van der Waals surface area contributed by atoms with E-state index in [1.165, 1.54) is 12.1 Å². The summed E-state index contributed by atoms with van der Waals surface area (Å²) in [4.78, 5) is 14.6. The minimum atomic E-state index is -0.289. The largest absolute Gasteiger partial charge is 0.507 e. The van der Waals surface area contributed by atoms with Crippen molar-refractivity contribution in [3.8, 4) is 5.75 Å². The van der Waals surface area contributed by atoms with Gasteiger partial charge in [0.1, 0.15) is 5.75 Å². The van der Waals surface area contributed by atoms with Crippen LogP contribution in [0.3, 0.4) is 0 Å². The number of hydrogen-bond acceptors (Lipinski definition) is 4. The Kier molecular flexibility index (Phi) is 3.48. The molecule has 4 rings (SSSR count). The number of amides is 1. The molecule has 1 atom stereocenters. The van der Waals surface area contributed by atoms with Crippen molar-refractivity contribution < 1.29 is 9.90 Å². The van der Waals surface area contributed by atoms with Crippen molar-refractivity contribution in [2.45, 2.75) is 18.9 Å². The number of carbonyl (C=O) groups excluding carboxylic acids is 1. The number of nitrogens with zero attached hydrogens (tertiary/aromatic N) is 1. The van der Waals surface area contributed by atoms with Gasteiger partial charge in [-0.25, -0.2) is 0 Å². The molecule has 1 amide bonds. The first-order valence-corrected chi connectivity index (χ1v) is 7.23. The standard InChI is InChI=1S/C14H18ClN3O2/c15-10-5-9(13(19)6-11(10)16)14(20)17-12-7-18-3-1-8(12)2-4-18/h5-6,8,12,19H,1-4,7,16H2,(H,17,20). The maximum atomic E-state index is 12.3. The minimum Gasteiger partial charge on any atom is -0.507 e. The van der Waals surface area contributed by atoms with Gasteiger partial charge in [-0.15, -0.1) is 0 Å². The number of nitrogens with two attached hydrogens (primary N) is 1. The van der Waals surface area contributed by atoms with E-state index >= 15 is 0 Å². The summed E-state index contributed by atoms with van der Waals surface area (Å²) in [6, 6.07) is 2.89. The van der Waals surface area contributed by atoms with Crippen LogP contribution in [0, 0.1) is 5.92 Å². The van der Waals surface area contributed by atoms with Gasteiger partial charge in [-0.3, -0.25) is 4.79 Å². The van der Waals surface area contributed by atoms with Crippen molar-refractivity contribution in [3.05, 3.63) is 22.7 Å². The second-order valence-corrected chi connectivity index (χ2v) is 6.02. The van der Waals surface area contributed by atoms with E-state index in [2.05, 4.69) is 10.2 Å². The molecule has 0 aliphatic carbocycles. The van der Waals surface area contributed by atoms with Gasteiger partial charge in [0.2, 0.25) is 0 Å². The molecule has 3 heterocycles. The average Bonchev–Trinajstić information content (AvgIpc) is 2.44. The maximum Gasteiger partial charge on any atom is 0.255 e. The Balaban J connectivity index is 1.75. The van der Waals surface area contributed by atoms with Crippen LogP contribution in [-0.2, 0) is 0 Å². The molecule has 4 N–H and O–H groups in total. The summed E-state index contributed by atoms with van der Waals surface area (Å²) in [5.41, 5.74) is 6.04. The second kappa shape index (κ2) is 5.14. The molecule has 1 unspecified atom stereocenters. The highest BCUT2D eigenvalue weighted by Crippen LogP contribution is 2.30. The molecule has 5 nitrogen and oxygen atoms in total. The number of hydrogen-bond donors (Lipinski definition) is 3. The van der Waals surface area contributed by atoms with Crippen molar-refractivity contribution in [2.24, 2.45) is 5.92 Å². The molecule has 108 valence electrons. The minimum absolute atomic E-state index is 0.134. The molecule has 0 radical (unpaired) electrons. The zero-order valence-corrected chi connectivity index (χ0v) is 11.9. The molecule has 0 spiro atoms. The highest BCUT2D eigenvalue weighted by atomic mass is 35.5. The van der Waals surface area contributed by atoms with Gasteiger partial charge in [0.15, 0.2) is 0 Å². The summed E-state index contributed by atoms with van der Waals surface area (Å²) < 4.78 is 0. The van der Waals surface area contributed by atoms with Gasteiger partial charge in [-0.1, -0.05) is 11.6 Å². The third kappa shape index (κ3) is 2.43. The predicted molar refractivity (Wildman–Crippen MR) is 77.9 cm³/mol. The quantitative estimate of drug-likeness (QED) is 0.722. The van der Waals surface area contributed by atoms with E-state index in [1.807, 2.05) is 0 Å². The van der Waals surface area contributed by atoms with Crippen molar-refractivity contribution in [1.29, 1.82) is 0 Å². The van der Waals surface area contributed by atoms with Crippen LogP contribution in [-0.4, -0.2) is 41.6 Å². The number of halogens is 1. The Morgan fingerprint density at radius 2 is 2.10 bits per heavy atom. The number of benzene rings is 1. The first-order valence-electron chi connectivity index (χ1n) is 6.86. The van der Waals surface area contributed by atoms with Crippen LogP contribution in [0.5, 0.6) is 5.75 Å². The molecule has 3 fully saturated rings. The number of nitrogen functional groups attached to an aromatic ring is 1. The van der Waals surface area contributed by atoms with E-state index in [-0.39, 0.29) is 34.0 Å². The van der Waals surface area contributed by atoms with Crippen molar-refractivity contribution in [3.63, 3.8) is 0 Å². The van der Waals surface area contributed by atoms with Crippen LogP contribution in [0.15, 0.2) is 12.1 Å². The molecule has 2 bridgehead atoms. The number of anilines is 1. The number of carbonyl (C=O) groups is 1. The molecule has 1 aromatic rings. The molecule has 3 aliphatic heterocycles. The molecule has 20 heavy (non-hydrogen) atoms. The van der Waals surface area contributed by atoms with Gasteiger partial charge >= 0.3 is 0 Å². The molecule has 3 aliphatic rings. The first-order chi connectivity index (χ1) is 9.54. The van der Waals surface area contributed by atoms with Crippen LogP contribution >= 0.6 is 11.6 Å². The summed E-state index contributed by atoms with van der Waals surface area (Å²) in [6.45, 7) is 3.13. The zero-order chi connectivity index (χ0) is 14.3. The molecule has 0 saturated carbocycles. The predicted octanol–water partition coefficient (Wildman–Crippen LogP) is 1.45. The Labute approximate surface area is 122 Å². The fourth-order valence-electron chi connectivity index (χ4n) is 3.13. The lowest BCUT2D eigenvalue weighted by Crippen LogP contribution is -2.57. The third-order valence-corrected chi connectivity index (χ3v) is 4.66. The fraction of sp³-hybridized carbons (Fsp3) is 0.500. The topological polar surface area (TPSA) is 78.6 Å². The lowest BCUT2D eigenvalue weighted by atomic mass is 9.84.